The number of nitrogens with zero attached hydrogens (tertiary/aromatic N) is 1. The number of aliphatic hydroxyl groups excluding tert-OH is 1. The highest BCUT2D eigenvalue weighted by Gasteiger charge is 2.30. The third-order valence-electron chi connectivity index (χ3n) is 3.72. The summed E-state index contributed by atoms with van der Waals surface area (Å²) in [6.07, 6.45) is 1.50. The molecule has 1 fully saturated rings. The minimum Gasteiger partial charge on any atom is -0.490 e. The first-order valence-electron chi connectivity index (χ1n) is 7.15. The minimum absolute atomic E-state index is 0.150. The number of rotatable bonds is 2. The molecule has 1 unspecified atom stereocenters. The van der Waals surface area contributed by atoms with Gasteiger partial charge in [-0.25, -0.2) is 8.42 Å². The molecule has 0 spiro atoms. The lowest BCUT2D eigenvalue weighted by molar-refractivity contribution is 0.108. The number of piperidine rings is 1. The van der Waals surface area contributed by atoms with Crippen LogP contribution in [0, 0.1) is 0 Å². The van der Waals surface area contributed by atoms with Gasteiger partial charge in [-0.3, -0.25) is 0 Å². The second-order valence-electron chi connectivity index (χ2n) is 5.32. The molecule has 116 valence electrons. The van der Waals surface area contributed by atoms with Gasteiger partial charge in [0.25, 0.3) is 0 Å². The maximum Gasteiger partial charge on any atom is 0.243 e. The molecule has 0 radical (unpaired) electrons. The van der Waals surface area contributed by atoms with Crippen molar-refractivity contribution >= 4 is 10.0 Å². The zero-order chi connectivity index (χ0) is 14.9. The number of aliphatic hydroxyl groups is 1. The van der Waals surface area contributed by atoms with Crippen molar-refractivity contribution in [2.24, 2.45) is 0 Å². The molecule has 1 aromatic rings. The van der Waals surface area contributed by atoms with Crippen molar-refractivity contribution < 1.29 is 23.0 Å². The van der Waals surface area contributed by atoms with E-state index < -0.39 is 16.1 Å². The van der Waals surface area contributed by atoms with Crippen LogP contribution in [0.1, 0.15) is 19.3 Å². The number of β-amino-alcohol motifs (C(OH)–C–C–N with tert-alkyl or cyclic N) is 1. The van der Waals surface area contributed by atoms with Gasteiger partial charge in [0.15, 0.2) is 11.5 Å². The number of benzene rings is 1. The molecule has 2 heterocycles. The highest BCUT2D eigenvalue weighted by atomic mass is 32.2. The Bertz CT molecular complexity index is 616. The van der Waals surface area contributed by atoms with Crippen LogP contribution in [-0.2, 0) is 10.0 Å². The van der Waals surface area contributed by atoms with Crippen LogP contribution in [-0.4, -0.2) is 50.2 Å². The molecular weight excluding hydrogens is 294 g/mol. The van der Waals surface area contributed by atoms with Crippen molar-refractivity contribution in [3.63, 3.8) is 0 Å². The molecule has 0 bridgehead atoms. The zero-order valence-electron chi connectivity index (χ0n) is 11.7. The Kier molecular flexibility index (Phi) is 4.05. The molecule has 0 aromatic heterocycles. The fraction of sp³-hybridized carbons (Fsp3) is 0.571. The number of hydrogen-bond donors (Lipinski definition) is 1. The van der Waals surface area contributed by atoms with Gasteiger partial charge in [-0.15, -0.1) is 0 Å². The van der Waals surface area contributed by atoms with Crippen molar-refractivity contribution in [3.8, 4) is 11.5 Å². The largest absolute Gasteiger partial charge is 0.490 e. The van der Waals surface area contributed by atoms with Crippen LogP contribution in [0.25, 0.3) is 0 Å². The van der Waals surface area contributed by atoms with Gasteiger partial charge < -0.3 is 14.6 Å². The maximum atomic E-state index is 12.6. The lowest BCUT2D eigenvalue weighted by Crippen LogP contribution is -2.42. The van der Waals surface area contributed by atoms with Gasteiger partial charge in [0.1, 0.15) is 0 Å². The summed E-state index contributed by atoms with van der Waals surface area (Å²) in [5.74, 6) is 1.04. The first-order valence-corrected chi connectivity index (χ1v) is 8.59. The second-order valence-corrected chi connectivity index (χ2v) is 7.26. The Morgan fingerprint density at radius 3 is 2.67 bits per heavy atom. The summed E-state index contributed by atoms with van der Waals surface area (Å²) in [7, 11) is -3.60. The molecule has 1 atom stereocenters. The maximum absolute atomic E-state index is 12.6. The van der Waals surface area contributed by atoms with Gasteiger partial charge in [-0.05, 0) is 25.0 Å². The van der Waals surface area contributed by atoms with Gasteiger partial charge in [0.2, 0.25) is 10.0 Å². The minimum atomic E-state index is -3.60. The second kappa shape index (κ2) is 5.82. The van der Waals surface area contributed by atoms with E-state index in [1.165, 1.54) is 16.4 Å². The van der Waals surface area contributed by atoms with Crippen LogP contribution in [0.15, 0.2) is 23.1 Å². The fourth-order valence-electron chi connectivity index (χ4n) is 2.59. The van der Waals surface area contributed by atoms with E-state index in [2.05, 4.69) is 0 Å². The third-order valence-corrected chi connectivity index (χ3v) is 5.58. The smallest absolute Gasteiger partial charge is 0.243 e. The molecule has 2 aliphatic rings. The van der Waals surface area contributed by atoms with Gasteiger partial charge >= 0.3 is 0 Å². The first kappa shape index (κ1) is 14.6. The van der Waals surface area contributed by atoms with Crippen molar-refractivity contribution in [1.29, 1.82) is 0 Å². The van der Waals surface area contributed by atoms with Crippen LogP contribution in [0.3, 0.4) is 0 Å². The van der Waals surface area contributed by atoms with Crippen LogP contribution < -0.4 is 9.47 Å². The summed E-state index contributed by atoms with van der Waals surface area (Å²) in [5, 5.41) is 9.67. The highest BCUT2D eigenvalue weighted by molar-refractivity contribution is 7.89. The number of sulfonamides is 1. The Hall–Kier alpha value is -1.31. The Balaban J connectivity index is 1.90. The molecule has 1 aromatic carbocycles. The summed E-state index contributed by atoms with van der Waals surface area (Å²) in [5.41, 5.74) is 0. The molecule has 3 rings (SSSR count). The van der Waals surface area contributed by atoms with Crippen molar-refractivity contribution in [2.45, 2.75) is 30.3 Å². The molecular formula is C14H19NO5S. The fourth-order valence-corrected chi connectivity index (χ4v) is 4.12. The summed E-state index contributed by atoms with van der Waals surface area (Å²) in [4.78, 5) is 0.181. The normalized spacial score (nSPS) is 23.6. The first-order chi connectivity index (χ1) is 10.1. The molecule has 0 saturated carbocycles. The van der Waals surface area contributed by atoms with Crippen molar-refractivity contribution in [3.05, 3.63) is 18.2 Å². The lowest BCUT2D eigenvalue weighted by Gasteiger charge is -2.29. The van der Waals surface area contributed by atoms with E-state index in [9.17, 15) is 13.5 Å². The Morgan fingerprint density at radius 2 is 1.90 bits per heavy atom. The van der Waals surface area contributed by atoms with E-state index in [1.54, 1.807) is 6.07 Å². The van der Waals surface area contributed by atoms with Crippen molar-refractivity contribution in [2.75, 3.05) is 26.3 Å². The third kappa shape index (κ3) is 3.00. The van der Waals surface area contributed by atoms with Crippen LogP contribution in [0.2, 0.25) is 0 Å². The lowest BCUT2D eigenvalue weighted by atomic mass is 10.1. The topological polar surface area (TPSA) is 76.1 Å². The highest BCUT2D eigenvalue weighted by Crippen LogP contribution is 2.33. The standard InChI is InChI=1S/C14H19NO5S/c16-11-3-1-6-15(10-11)21(17,18)12-4-5-13-14(9-12)20-8-2-7-19-13/h4-5,9,11,16H,1-3,6-8,10H2. The number of ether oxygens (including phenoxy) is 2. The number of hydrogen-bond acceptors (Lipinski definition) is 5. The van der Waals surface area contributed by atoms with E-state index in [0.29, 0.717) is 44.1 Å². The monoisotopic (exact) mass is 313 g/mol. The van der Waals surface area contributed by atoms with Gasteiger partial charge in [0, 0.05) is 25.6 Å². The zero-order valence-corrected chi connectivity index (χ0v) is 12.5. The average Bonchev–Trinajstić information content (AvgIpc) is 2.71. The Labute approximate surface area is 124 Å². The quantitative estimate of drug-likeness (QED) is 0.881. The van der Waals surface area contributed by atoms with E-state index >= 15 is 0 Å². The van der Waals surface area contributed by atoms with Gasteiger partial charge in [-0.2, -0.15) is 4.31 Å². The van der Waals surface area contributed by atoms with Gasteiger partial charge in [-0.1, -0.05) is 0 Å². The van der Waals surface area contributed by atoms with E-state index in [1.807, 2.05) is 0 Å². The summed E-state index contributed by atoms with van der Waals surface area (Å²) < 4.78 is 37.6. The van der Waals surface area contributed by atoms with E-state index in [0.717, 1.165) is 6.42 Å². The molecule has 1 saturated heterocycles. The summed E-state index contributed by atoms with van der Waals surface area (Å²) in [6.45, 7) is 1.67. The molecule has 1 N–H and O–H groups in total. The summed E-state index contributed by atoms with van der Waals surface area (Å²) >= 11 is 0. The SMILES string of the molecule is O=S(=O)(c1ccc2c(c1)OCCCO2)N1CCCC(O)C1. The van der Waals surface area contributed by atoms with Crippen LogP contribution in [0.4, 0.5) is 0 Å². The van der Waals surface area contributed by atoms with Gasteiger partial charge in [0.05, 0.1) is 24.2 Å². The number of fused-ring (bicyclic) bond motifs is 1. The molecule has 21 heavy (non-hydrogen) atoms. The summed E-state index contributed by atoms with van der Waals surface area (Å²) in [6, 6.07) is 4.68. The van der Waals surface area contributed by atoms with E-state index in [4.69, 9.17) is 9.47 Å². The predicted molar refractivity (Wildman–Crippen MR) is 76.0 cm³/mol. The molecule has 6 nitrogen and oxygen atoms in total. The average molecular weight is 313 g/mol. The predicted octanol–water partition coefficient (Wildman–Crippen LogP) is 0.993. The molecule has 0 amide bonds. The Morgan fingerprint density at radius 1 is 1.14 bits per heavy atom. The molecule has 7 heteroatoms. The van der Waals surface area contributed by atoms with Crippen LogP contribution >= 0.6 is 0 Å². The van der Waals surface area contributed by atoms with Crippen molar-refractivity contribution in [1.82, 2.24) is 4.31 Å². The molecule has 0 aliphatic carbocycles. The van der Waals surface area contributed by atoms with E-state index in [-0.39, 0.29) is 11.4 Å². The molecule has 2 aliphatic heterocycles. The van der Waals surface area contributed by atoms with Crippen LogP contribution in [0.5, 0.6) is 11.5 Å².